The zero-order chi connectivity index (χ0) is 25.1. The van der Waals surface area contributed by atoms with E-state index in [1.807, 2.05) is 0 Å². The molecule has 2 N–H and O–H groups in total. The zero-order valence-electron chi connectivity index (χ0n) is 22.4. The first kappa shape index (κ1) is 24.5. The summed E-state index contributed by atoms with van der Waals surface area (Å²) in [6, 6.07) is 0. The van der Waals surface area contributed by atoms with Crippen molar-refractivity contribution in [3.63, 3.8) is 0 Å². The molecule has 0 aromatic heterocycles. The normalized spacial score (nSPS) is 54.1. The molecule has 190 valence electrons. The first-order valence-electron chi connectivity index (χ1n) is 13.8. The van der Waals surface area contributed by atoms with Crippen molar-refractivity contribution in [1.29, 1.82) is 0 Å². The zero-order valence-corrected chi connectivity index (χ0v) is 22.4. The Balaban J connectivity index is 1.60. The topological polar surface area (TPSA) is 74.6 Å². The van der Waals surface area contributed by atoms with Crippen LogP contribution in [0.3, 0.4) is 0 Å². The van der Waals surface area contributed by atoms with Crippen molar-refractivity contribution < 1.29 is 19.8 Å². The van der Waals surface area contributed by atoms with E-state index in [4.69, 9.17) is 0 Å². The van der Waals surface area contributed by atoms with Gasteiger partial charge in [-0.25, -0.2) is 0 Å². The Morgan fingerprint density at radius 1 is 0.971 bits per heavy atom. The fourth-order valence-corrected chi connectivity index (χ4v) is 10.8. The van der Waals surface area contributed by atoms with Crippen LogP contribution in [0, 0.1) is 56.7 Å². The highest BCUT2D eigenvalue weighted by atomic mass is 16.4. The molecule has 5 rings (SSSR count). The number of aliphatic carboxylic acids is 1. The Morgan fingerprint density at radius 3 is 2.29 bits per heavy atom. The second-order valence-corrected chi connectivity index (χ2v) is 14.5. The van der Waals surface area contributed by atoms with Crippen LogP contribution in [0.1, 0.15) is 99.8 Å². The van der Waals surface area contributed by atoms with Crippen molar-refractivity contribution in [1.82, 2.24) is 0 Å². The summed E-state index contributed by atoms with van der Waals surface area (Å²) in [4.78, 5) is 25.1. The molecule has 0 spiro atoms. The molecule has 10 atom stereocenters. The lowest BCUT2D eigenvalue weighted by Crippen LogP contribution is -2.65. The van der Waals surface area contributed by atoms with Crippen molar-refractivity contribution >= 4 is 11.8 Å². The highest BCUT2D eigenvalue weighted by molar-refractivity contribution is 5.85. The number of carboxylic acid groups (broad SMARTS) is 1. The summed E-state index contributed by atoms with van der Waals surface area (Å²) in [7, 11) is 0. The van der Waals surface area contributed by atoms with Gasteiger partial charge in [0.15, 0.2) is 0 Å². The molecule has 0 aromatic rings. The van der Waals surface area contributed by atoms with Gasteiger partial charge in [0.25, 0.3) is 0 Å². The van der Waals surface area contributed by atoms with E-state index < -0.39 is 18.0 Å². The molecule has 4 heteroatoms. The second-order valence-electron chi connectivity index (χ2n) is 14.5. The fraction of sp³-hybridized carbons (Fsp3) is 0.867. The summed E-state index contributed by atoms with van der Waals surface area (Å²) in [5.41, 5.74) is 1.24. The van der Waals surface area contributed by atoms with Crippen molar-refractivity contribution in [3.8, 4) is 0 Å². The van der Waals surface area contributed by atoms with Crippen LogP contribution in [0.25, 0.3) is 0 Å². The summed E-state index contributed by atoms with van der Waals surface area (Å²) in [5.74, 6) is 0.291. The van der Waals surface area contributed by atoms with E-state index in [9.17, 15) is 19.8 Å². The molecule has 5 aliphatic rings. The molecule has 2 unspecified atom stereocenters. The predicted molar refractivity (Wildman–Crippen MR) is 133 cm³/mol. The summed E-state index contributed by atoms with van der Waals surface area (Å²) in [6.07, 6.45) is 9.26. The van der Waals surface area contributed by atoms with Gasteiger partial charge in [-0.15, -0.1) is 0 Å². The highest BCUT2D eigenvalue weighted by Crippen LogP contribution is 2.75. The SMILES string of the molecule is C[C@@H]1[C@@H](C(=O)O)CC(O)[C@@]2(C)CC[C@@]3(C)C(=CC[C@@H]4[C@]3(C)CCC3C(C)(C)C(=O)CC[C@]34C)[C@@H]12. The van der Waals surface area contributed by atoms with Crippen molar-refractivity contribution in [2.24, 2.45) is 56.7 Å². The average Bonchev–Trinajstić information content (AvgIpc) is 2.74. The highest BCUT2D eigenvalue weighted by Gasteiger charge is 2.69. The maximum absolute atomic E-state index is 12.9. The molecule has 4 saturated carbocycles. The van der Waals surface area contributed by atoms with Crippen LogP contribution >= 0.6 is 0 Å². The molecule has 0 heterocycles. The van der Waals surface area contributed by atoms with E-state index in [-0.39, 0.29) is 38.9 Å². The van der Waals surface area contributed by atoms with Gasteiger partial charge in [-0.05, 0) is 84.9 Å². The van der Waals surface area contributed by atoms with Crippen LogP contribution < -0.4 is 0 Å². The van der Waals surface area contributed by atoms with E-state index in [0.29, 0.717) is 30.5 Å². The summed E-state index contributed by atoms with van der Waals surface area (Å²) in [6.45, 7) is 16.2. The van der Waals surface area contributed by atoms with E-state index >= 15 is 0 Å². The summed E-state index contributed by atoms with van der Waals surface area (Å²) < 4.78 is 0. The number of carbonyl (C=O) groups excluding carboxylic acids is 1. The van der Waals surface area contributed by atoms with Gasteiger partial charge in [-0.2, -0.15) is 0 Å². The molecule has 4 nitrogen and oxygen atoms in total. The van der Waals surface area contributed by atoms with E-state index in [0.717, 1.165) is 38.5 Å². The number of aliphatic hydroxyl groups is 1. The third kappa shape index (κ3) is 2.75. The van der Waals surface area contributed by atoms with Crippen LogP contribution in [0.15, 0.2) is 11.6 Å². The molecule has 0 bridgehead atoms. The van der Waals surface area contributed by atoms with Crippen molar-refractivity contribution in [2.45, 2.75) is 106 Å². The Kier molecular flexibility index (Phi) is 5.20. The molecule has 5 aliphatic carbocycles. The summed E-state index contributed by atoms with van der Waals surface area (Å²) >= 11 is 0. The third-order valence-electron chi connectivity index (χ3n) is 13.2. The number of allylic oxidation sites excluding steroid dienone is 2. The number of fused-ring (bicyclic) bond motifs is 7. The number of rotatable bonds is 1. The first-order chi connectivity index (χ1) is 15.6. The van der Waals surface area contributed by atoms with Crippen molar-refractivity contribution in [2.75, 3.05) is 0 Å². The number of Topliss-reactive ketones (excluding diaryl/α,β-unsaturated/α-hetero) is 1. The van der Waals surface area contributed by atoms with Gasteiger partial charge in [-0.1, -0.05) is 60.1 Å². The standard InChI is InChI=1S/C30H46O4/c1-17-18(25(33)34)16-23(32)28(5)14-15-29(6)19(24(17)28)8-9-21-27(4)12-11-22(31)26(2,3)20(27)10-13-30(21,29)7/h8,17-18,20-21,23-24,32H,9-16H2,1-7H3,(H,33,34)/t17-,18+,20?,21+,23?,24-,27-,28-,29+,30+/m1/s1. The fourth-order valence-electron chi connectivity index (χ4n) is 10.8. The first-order valence-corrected chi connectivity index (χ1v) is 13.8. The van der Waals surface area contributed by atoms with Crippen LogP contribution in [0.2, 0.25) is 0 Å². The number of aliphatic hydroxyl groups excluding tert-OH is 1. The van der Waals surface area contributed by atoms with Gasteiger partial charge < -0.3 is 10.2 Å². The molecule has 0 aromatic carbocycles. The minimum Gasteiger partial charge on any atom is -0.481 e. The third-order valence-corrected chi connectivity index (χ3v) is 13.2. The number of hydrogen-bond donors (Lipinski definition) is 2. The molecule has 4 fully saturated rings. The minimum absolute atomic E-state index is 0.00798. The smallest absolute Gasteiger partial charge is 0.306 e. The van der Waals surface area contributed by atoms with Gasteiger partial charge in [0.05, 0.1) is 12.0 Å². The maximum Gasteiger partial charge on any atom is 0.306 e. The Labute approximate surface area is 206 Å². The van der Waals surface area contributed by atoms with Gasteiger partial charge in [-0.3, -0.25) is 9.59 Å². The largest absolute Gasteiger partial charge is 0.481 e. The quantitative estimate of drug-likeness (QED) is 0.443. The lowest BCUT2D eigenvalue weighted by Gasteiger charge is -2.71. The van der Waals surface area contributed by atoms with Crippen LogP contribution in [0.5, 0.6) is 0 Å². The molecule has 34 heavy (non-hydrogen) atoms. The molecule has 0 saturated heterocycles. The van der Waals surface area contributed by atoms with E-state index in [2.05, 4.69) is 54.5 Å². The Bertz CT molecular complexity index is 949. The Morgan fingerprint density at radius 2 is 1.65 bits per heavy atom. The van der Waals surface area contributed by atoms with Crippen LogP contribution in [-0.2, 0) is 9.59 Å². The average molecular weight is 471 g/mol. The lowest BCUT2D eigenvalue weighted by molar-refractivity contribution is -0.194. The van der Waals surface area contributed by atoms with Gasteiger partial charge in [0, 0.05) is 17.3 Å². The lowest BCUT2D eigenvalue weighted by atomic mass is 9.33. The number of ketones is 1. The molecule has 0 radical (unpaired) electrons. The predicted octanol–water partition coefficient (Wildman–Crippen LogP) is 6.27. The van der Waals surface area contributed by atoms with E-state index in [1.54, 1.807) is 0 Å². The molecular formula is C30H46O4. The van der Waals surface area contributed by atoms with Gasteiger partial charge in [0.2, 0.25) is 0 Å². The molecule has 0 aliphatic heterocycles. The number of hydrogen-bond acceptors (Lipinski definition) is 3. The van der Waals surface area contributed by atoms with Crippen LogP contribution in [0.4, 0.5) is 0 Å². The molecule has 0 amide bonds. The maximum atomic E-state index is 12.9. The van der Waals surface area contributed by atoms with Crippen molar-refractivity contribution in [3.05, 3.63) is 11.6 Å². The Hall–Kier alpha value is -1.16. The monoisotopic (exact) mass is 470 g/mol. The second kappa shape index (κ2) is 7.20. The van der Waals surface area contributed by atoms with Gasteiger partial charge in [0.1, 0.15) is 5.78 Å². The summed E-state index contributed by atoms with van der Waals surface area (Å²) in [5, 5.41) is 21.2. The van der Waals surface area contributed by atoms with Gasteiger partial charge >= 0.3 is 5.97 Å². The minimum atomic E-state index is -0.761. The van der Waals surface area contributed by atoms with E-state index in [1.165, 1.54) is 5.57 Å². The van der Waals surface area contributed by atoms with Crippen LogP contribution in [-0.4, -0.2) is 28.1 Å². The number of carboxylic acids is 1. The number of carbonyl (C=O) groups is 2. The molecular weight excluding hydrogens is 424 g/mol.